The van der Waals surface area contributed by atoms with Crippen LogP contribution >= 0.6 is 0 Å². The van der Waals surface area contributed by atoms with Gasteiger partial charge in [0.25, 0.3) is 5.91 Å². The molecule has 0 aromatic heterocycles. The summed E-state index contributed by atoms with van der Waals surface area (Å²) in [4.78, 5) is 23.1. The molecule has 2 aromatic rings. The van der Waals surface area contributed by atoms with Crippen molar-refractivity contribution in [3.05, 3.63) is 59.7 Å². The highest BCUT2D eigenvalue weighted by molar-refractivity contribution is 5.97. The Morgan fingerprint density at radius 2 is 1.75 bits per heavy atom. The summed E-state index contributed by atoms with van der Waals surface area (Å²) in [5, 5.41) is 2.16. The highest BCUT2D eigenvalue weighted by atomic mass is 19.3. The van der Waals surface area contributed by atoms with Gasteiger partial charge in [-0.05, 0) is 35.9 Å². The first kappa shape index (κ1) is 17.4. The van der Waals surface area contributed by atoms with Crippen LogP contribution in [0.5, 0.6) is 5.75 Å². The van der Waals surface area contributed by atoms with E-state index in [-0.39, 0.29) is 12.1 Å². The maximum atomic E-state index is 14.3. The quantitative estimate of drug-likeness (QED) is 0.851. The molecule has 0 aliphatic rings. The Bertz CT molecular complexity index is 746. The zero-order valence-electron chi connectivity index (χ0n) is 12.9. The molecule has 2 rings (SSSR count). The fourth-order valence-electron chi connectivity index (χ4n) is 2.12. The van der Waals surface area contributed by atoms with Crippen molar-refractivity contribution >= 4 is 17.5 Å². The molecule has 3 N–H and O–H groups in total. The molecule has 24 heavy (non-hydrogen) atoms. The van der Waals surface area contributed by atoms with Gasteiger partial charge in [0.1, 0.15) is 5.75 Å². The molecule has 0 bridgehead atoms. The number of hydrogen-bond acceptors (Lipinski definition) is 3. The summed E-state index contributed by atoms with van der Waals surface area (Å²) in [7, 11) is 1.41. The van der Waals surface area contributed by atoms with E-state index in [2.05, 4.69) is 5.32 Å². The molecule has 2 aromatic carbocycles. The van der Waals surface area contributed by atoms with Gasteiger partial charge in [-0.3, -0.25) is 9.59 Å². The van der Waals surface area contributed by atoms with E-state index in [4.69, 9.17) is 10.5 Å². The second-order valence-electron chi connectivity index (χ2n) is 5.06. The molecule has 0 radical (unpaired) electrons. The molecule has 0 atom stereocenters. The molecule has 0 spiro atoms. The Morgan fingerprint density at radius 1 is 1.12 bits per heavy atom. The normalized spacial score (nSPS) is 11.0. The van der Waals surface area contributed by atoms with Crippen LogP contribution in [0.2, 0.25) is 0 Å². The van der Waals surface area contributed by atoms with E-state index in [0.717, 1.165) is 12.1 Å². The first-order valence-corrected chi connectivity index (χ1v) is 7.04. The van der Waals surface area contributed by atoms with Crippen molar-refractivity contribution in [2.24, 2.45) is 5.73 Å². The van der Waals surface area contributed by atoms with Crippen molar-refractivity contribution in [1.29, 1.82) is 0 Å². The van der Waals surface area contributed by atoms with Crippen molar-refractivity contribution < 1.29 is 23.1 Å². The van der Waals surface area contributed by atoms with Crippen LogP contribution in [-0.4, -0.2) is 18.9 Å². The monoisotopic (exact) mass is 334 g/mol. The number of anilines is 1. The number of amides is 2. The Labute approximate surface area is 137 Å². The van der Waals surface area contributed by atoms with Gasteiger partial charge in [0.05, 0.1) is 13.5 Å². The van der Waals surface area contributed by atoms with Gasteiger partial charge in [-0.15, -0.1) is 0 Å². The lowest BCUT2D eigenvalue weighted by Crippen LogP contribution is -2.32. The van der Waals surface area contributed by atoms with Gasteiger partial charge in [-0.2, -0.15) is 8.78 Å². The number of para-hydroxylation sites is 1. The SMILES string of the molecule is COc1ccc(C(F)(F)C(=O)Nc2ccccc2CC(N)=O)cc1. The van der Waals surface area contributed by atoms with E-state index in [1.165, 1.54) is 31.4 Å². The number of hydrogen-bond donors (Lipinski definition) is 2. The number of nitrogens with two attached hydrogens (primary N) is 1. The lowest BCUT2D eigenvalue weighted by molar-refractivity contribution is -0.141. The van der Waals surface area contributed by atoms with Crippen LogP contribution < -0.4 is 15.8 Å². The van der Waals surface area contributed by atoms with Crippen molar-refractivity contribution in [2.75, 3.05) is 12.4 Å². The predicted molar refractivity (Wildman–Crippen MR) is 84.9 cm³/mol. The van der Waals surface area contributed by atoms with Crippen molar-refractivity contribution in [1.82, 2.24) is 0 Å². The van der Waals surface area contributed by atoms with E-state index in [9.17, 15) is 18.4 Å². The Kier molecular flexibility index (Phi) is 5.13. The van der Waals surface area contributed by atoms with Crippen LogP contribution in [0.1, 0.15) is 11.1 Å². The third kappa shape index (κ3) is 3.87. The first-order valence-electron chi connectivity index (χ1n) is 7.04. The molecule has 0 saturated heterocycles. The summed E-state index contributed by atoms with van der Waals surface area (Å²) in [5.74, 6) is -5.46. The van der Waals surface area contributed by atoms with Gasteiger partial charge in [-0.25, -0.2) is 0 Å². The lowest BCUT2D eigenvalue weighted by Gasteiger charge is -2.18. The second kappa shape index (κ2) is 7.08. The van der Waals surface area contributed by atoms with Crippen LogP contribution in [-0.2, 0) is 21.9 Å². The number of methoxy groups -OCH3 is 1. The predicted octanol–water partition coefficient (Wildman–Crippen LogP) is 2.45. The third-order valence-electron chi connectivity index (χ3n) is 3.37. The van der Waals surface area contributed by atoms with Gasteiger partial charge in [0, 0.05) is 11.3 Å². The van der Waals surface area contributed by atoms with E-state index >= 15 is 0 Å². The molecule has 0 aliphatic carbocycles. The smallest absolute Gasteiger partial charge is 0.350 e. The van der Waals surface area contributed by atoms with Crippen LogP contribution in [0, 0.1) is 0 Å². The zero-order chi connectivity index (χ0) is 17.7. The molecule has 0 unspecified atom stereocenters. The Balaban J connectivity index is 2.23. The fourth-order valence-corrected chi connectivity index (χ4v) is 2.12. The number of carbonyl (C=O) groups excluding carboxylic acids is 2. The van der Waals surface area contributed by atoms with Crippen molar-refractivity contribution in [2.45, 2.75) is 12.3 Å². The van der Waals surface area contributed by atoms with E-state index in [1.807, 2.05) is 0 Å². The number of benzene rings is 2. The number of alkyl halides is 2. The standard InChI is InChI=1S/C17H16F2N2O3/c1-24-13-8-6-12(7-9-13)17(18,19)16(23)21-14-5-3-2-4-11(14)10-15(20)22/h2-9H,10H2,1H3,(H2,20,22)(H,21,23). The molecule has 2 amide bonds. The van der Waals surface area contributed by atoms with Crippen molar-refractivity contribution in [3.8, 4) is 5.75 Å². The number of ether oxygens (including phenoxy) is 1. The largest absolute Gasteiger partial charge is 0.497 e. The van der Waals surface area contributed by atoms with Gasteiger partial charge >= 0.3 is 5.92 Å². The molecular weight excluding hydrogens is 318 g/mol. The van der Waals surface area contributed by atoms with Crippen molar-refractivity contribution in [3.63, 3.8) is 0 Å². The van der Waals surface area contributed by atoms with Gasteiger partial charge in [0.15, 0.2) is 0 Å². The van der Waals surface area contributed by atoms with Gasteiger partial charge < -0.3 is 15.8 Å². The minimum atomic E-state index is -3.74. The van der Waals surface area contributed by atoms with E-state index in [0.29, 0.717) is 11.3 Å². The first-order chi connectivity index (χ1) is 11.3. The summed E-state index contributed by atoms with van der Waals surface area (Å²) in [6.45, 7) is 0. The number of carbonyl (C=O) groups is 2. The summed E-state index contributed by atoms with van der Waals surface area (Å²) in [6, 6.07) is 11.1. The molecule has 0 aliphatic heterocycles. The number of rotatable bonds is 6. The second-order valence-corrected chi connectivity index (χ2v) is 5.06. The van der Waals surface area contributed by atoms with Crippen LogP contribution in [0.15, 0.2) is 48.5 Å². The third-order valence-corrected chi connectivity index (χ3v) is 3.37. The minimum Gasteiger partial charge on any atom is -0.497 e. The maximum absolute atomic E-state index is 14.3. The molecule has 0 saturated carbocycles. The van der Waals surface area contributed by atoms with Crippen LogP contribution in [0.4, 0.5) is 14.5 Å². The Hall–Kier alpha value is -2.96. The van der Waals surface area contributed by atoms with Gasteiger partial charge in [0.2, 0.25) is 5.91 Å². The average Bonchev–Trinajstić information content (AvgIpc) is 2.56. The molecule has 0 heterocycles. The maximum Gasteiger partial charge on any atom is 0.350 e. The summed E-state index contributed by atoms with van der Waals surface area (Å²) in [6.07, 6.45) is -0.162. The lowest BCUT2D eigenvalue weighted by atomic mass is 10.1. The highest BCUT2D eigenvalue weighted by Crippen LogP contribution is 2.31. The Morgan fingerprint density at radius 3 is 2.33 bits per heavy atom. The zero-order valence-corrected chi connectivity index (χ0v) is 12.9. The fraction of sp³-hybridized carbons (Fsp3) is 0.176. The average molecular weight is 334 g/mol. The summed E-state index contributed by atoms with van der Waals surface area (Å²) < 4.78 is 33.5. The topological polar surface area (TPSA) is 81.4 Å². The highest BCUT2D eigenvalue weighted by Gasteiger charge is 2.41. The number of nitrogens with one attached hydrogen (secondary N) is 1. The summed E-state index contributed by atoms with van der Waals surface area (Å²) in [5.41, 5.74) is 5.14. The number of primary amides is 1. The van der Waals surface area contributed by atoms with Gasteiger partial charge in [-0.1, -0.05) is 18.2 Å². The van der Waals surface area contributed by atoms with E-state index in [1.54, 1.807) is 12.1 Å². The number of halogens is 2. The minimum absolute atomic E-state index is 0.120. The van der Waals surface area contributed by atoms with E-state index < -0.39 is 23.3 Å². The molecule has 126 valence electrons. The molecule has 5 nitrogen and oxygen atoms in total. The molecular formula is C17H16F2N2O3. The summed E-state index contributed by atoms with van der Waals surface area (Å²) >= 11 is 0. The van der Waals surface area contributed by atoms with Crippen LogP contribution in [0.25, 0.3) is 0 Å². The molecule has 0 fully saturated rings. The van der Waals surface area contributed by atoms with Crippen LogP contribution in [0.3, 0.4) is 0 Å². The molecule has 7 heteroatoms.